The molecule has 0 aliphatic carbocycles. The first kappa shape index (κ1) is 18.3. The third kappa shape index (κ3) is 3.54. The summed E-state index contributed by atoms with van der Waals surface area (Å²) in [6.07, 6.45) is 0.522. The minimum Gasteiger partial charge on any atom is -0.454 e. The number of carbonyl (C=O) groups is 2. The molecule has 4 rings (SSSR count). The number of fused-ring (bicyclic) bond motifs is 1. The first-order chi connectivity index (χ1) is 13.5. The highest BCUT2D eigenvalue weighted by Crippen LogP contribution is 2.35. The van der Waals surface area contributed by atoms with Crippen LogP contribution in [0.2, 0.25) is 0 Å². The monoisotopic (exact) mass is 380 g/mol. The van der Waals surface area contributed by atoms with E-state index in [0.29, 0.717) is 18.5 Å². The van der Waals surface area contributed by atoms with Crippen molar-refractivity contribution in [3.05, 3.63) is 48.0 Å². The van der Waals surface area contributed by atoms with Gasteiger partial charge in [0.25, 0.3) is 5.91 Å². The molecule has 0 spiro atoms. The van der Waals surface area contributed by atoms with Crippen LogP contribution in [-0.4, -0.2) is 55.1 Å². The average molecular weight is 380 g/mol. The van der Waals surface area contributed by atoms with Crippen LogP contribution >= 0.6 is 0 Å². The molecule has 28 heavy (non-hydrogen) atoms. The van der Waals surface area contributed by atoms with Crippen molar-refractivity contribution < 1.29 is 19.1 Å². The molecule has 146 valence electrons. The highest BCUT2D eigenvalue weighted by atomic mass is 16.7. The summed E-state index contributed by atoms with van der Waals surface area (Å²) in [5.41, 5.74) is 2.67. The molecule has 2 aliphatic rings. The highest BCUT2D eigenvalue weighted by Gasteiger charge is 2.30. The molecule has 2 aliphatic heterocycles. The average Bonchev–Trinajstić information content (AvgIpc) is 3.32. The molecule has 0 aromatic heterocycles. The molecule has 2 aromatic rings. The predicted molar refractivity (Wildman–Crippen MR) is 105 cm³/mol. The smallest absolute Gasteiger partial charge is 0.253 e. The van der Waals surface area contributed by atoms with Crippen molar-refractivity contribution in [2.45, 2.75) is 13.3 Å². The zero-order valence-electron chi connectivity index (χ0n) is 16.2. The molecule has 0 radical (unpaired) electrons. The van der Waals surface area contributed by atoms with Crippen molar-refractivity contribution in [3.63, 3.8) is 0 Å². The summed E-state index contributed by atoms with van der Waals surface area (Å²) < 4.78 is 10.8. The van der Waals surface area contributed by atoms with Gasteiger partial charge in [0.2, 0.25) is 12.7 Å². The van der Waals surface area contributed by atoms with E-state index in [0.717, 1.165) is 35.7 Å². The summed E-state index contributed by atoms with van der Waals surface area (Å²) in [5.74, 6) is 1.85. The van der Waals surface area contributed by atoms with E-state index in [4.69, 9.17) is 9.47 Å². The summed E-state index contributed by atoms with van der Waals surface area (Å²) in [6.45, 7) is 4.29. The molecule has 0 N–H and O–H groups in total. The number of likely N-dealkylation sites (tertiary alicyclic amines) is 1. The number of nitrogens with zero attached hydrogens (tertiary/aromatic N) is 2. The van der Waals surface area contributed by atoms with E-state index in [1.165, 1.54) is 0 Å². The fourth-order valence-electron chi connectivity index (χ4n) is 3.85. The van der Waals surface area contributed by atoms with Gasteiger partial charge in [-0.15, -0.1) is 0 Å². The van der Waals surface area contributed by atoms with Crippen LogP contribution in [0.1, 0.15) is 23.7 Å². The number of carbonyl (C=O) groups excluding carboxylic acids is 2. The largest absolute Gasteiger partial charge is 0.454 e. The number of amides is 2. The molecule has 2 heterocycles. The van der Waals surface area contributed by atoms with Crippen LogP contribution in [0.4, 0.5) is 0 Å². The molecular formula is C22H24N2O4. The van der Waals surface area contributed by atoms with Gasteiger partial charge in [0.1, 0.15) is 0 Å². The number of hydrogen-bond donors (Lipinski definition) is 0. The predicted octanol–water partition coefficient (Wildman–Crippen LogP) is 3.02. The van der Waals surface area contributed by atoms with Crippen molar-refractivity contribution in [1.82, 2.24) is 9.80 Å². The van der Waals surface area contributed by atoms with E-state index in [-0.39, 0.29) is 24.5 Å². The second-order valence-corrected chi connectivity index (χ2v) is 7.33. The summed E-state index contributed by atoms with van der Waals surface area (Å²) in [5, 5.41) is 0. The van der Waals surface area contributed by atoms with Gasteiger partial charge in [-0.05, 0) is 42.3 Å². The number of hydrogen-bond acceptors (Lipinski definition) is 4. The molecule has 2 amide bonds. The molecule has 1 saturated heterocycles. The summed E-state index contributed by atoms with van der Waals surface area (Å²) in [6, 6.07) is 13.4. The maximum absolute atomic E-state index is 12.8. The molecule has 1 fully saturated rings. The van der Waals surface area contributed by atoms with Crippen LogP contribution in [-0.2, 0) is 4.79 Å². The van der Waals surface area contributed by atoms with Gasteiger partial charge in [-0.2, -0.15) is 0 Å². The van der Waals surface area contributed by atoms with Crippen LogP contribution < -0.4 is 9.47 Å². The third-order valence-electron chi connectivity index (χ3n) is 5.39. The quantitative estimate of drug-likeness (QED) is 0.800. The third-order valence-corrected chi connectivity index (χ3v) is 5.39. The molecule has 6 heteroatoms. The van der Waals surface area contributed by atoms with Crippen LogP contribution in [0, 0.1) is 5.92 Å². The van der Waals surface area contributed by atoms with Crippen molar-refractivity contribution in [2.24, 2.45) is 5.92 Å². The second kappa shape index (κ2) is 7.54. The Morgan fingerprint density at radius 1 is 1.11 bits per heavy atom. The lowest BCUT2D eigenvalue weighted by Crippen LogP contribution is -2.33. The van der Waals surface area contributed by atoms with Crippen molar-refractivity contribution in [1.29, 1.82) is 0 Å². The molecule has 0 bridgehead atoms. The van der Waals surface area contributed by atoms with Crippen molar-refractivity contribution in [2.75, 3.05) is 33.5 Å². The molecule has 0 unspecified atom stereocenters. The molecule has 1 atom stereocenters. The fourth-order valence-corrected chi connectivity index (χ4v) is 3.85. The Kier molecular flexibility index (Phi) is 4.94. The van der Waals surface area contributed by atoms with Gasteiger partial charge >= 0.3 is 0 Å². The van der Waals surface area contributed by atoms with Gasteiger partial charge < -0.3 is 19.3 Å². The first-order valence-electron chi connectivity index (χ1n) is 9.58. The lowest BCUT2D eigenvalue weighted by atomic mass is 10.0. The van der Waals surface area contributed by atoms with Crippen LogP contribution in [0.5, 0.6) is 11.5 Å². The number of rotatable bonds is 5. The van der Waals surface area contributed by atoms with Crippen LogP contribution in [0.15, 0.2) is 42.5 Å². The van der Waals surface area contributed by atoms with Gasteiger partial charge in [-0.25, -0.2) is 0 Å². The van der Waals surface area contributed by atoms with Gasteiger partial charge in [0.15, 0.2) is 11.5 Å². The summed E-state index contributed by atoms with van der Waals surface area (Å²) in [7, 11) is 1.80. The van der Waals surface area contributed by atoms with E-state index < -0.39 is 0 Å². The Bertz CT molecular complexity index is 894. The lowest BCUT2D eigenvalue weighted by molar-refractivity contribution is -0.127. The fraction of sp³-hybridized carbons (Fsp3) is 0.364. The topological polar surface area (TPSA) is 59.1 Å². The SMILES string of the molecule is CCN1C[C@@H](CN(C)C(=O)c2ccc(-c3ccc4c(c3)OCO4)cc2)CC1=O. The van der Waals surface area contributed by atoms with E-state index in [9.17, 15) is 9.59 Å². The van der Waals surface area contributed by atoms with Gasteiger partial charge in [0, 0.05) is 44.6 Å². The van der Waals surface area contributed by atoms with E-state index in [1.54, 1.807) is 11.9 Å². The van der Waals surface area contributed by atoms with Crippen molar-refractivity contribution in [3.8, 4) is 22.6 Å². The van der Waals surface area contributed by atoms with Crippen molar-refractivity contribution >= 4 is 11.8 Å². The first-order valence-corrected chi connectivity index (χ1v) is 9.58. The highest BCUT2D eigenvalue weighted by molar-refractivity contribution is 5.94. The Balaban J connectivity index is 1.42. The molecular weight excluding hydrogens is 356 g/mol. The molecule has 0 saturated carbocycles. The molecule has 2 aromatic carbocycles. The van der Waals surface area contributed by atoms with Crippen LogP contribution in [0.25, 0.3) is 11.1 Å². The van der Waals surface area contributed by atoms with Gasteiger partial charge in [-0.3, -0.25) is 9.59 Å². The van der Waals surface area contributed by atoms with Gasteiger partial charge in [-0.1, -0.05) is 18.2 Å². The van der Waals surface area contributed by atoms with E-state index >= 15 is 0 Å². The summed E-state index contributed by atoms with van der Waals surface area (Å²) >= 11 is 0. The second-order valence-electron chi connectivity index (χ2n) is 7.33. The number of ether oxygens (including phenoxy) is 2. The van der Waals surface area contributed by atoms with E-state index in [2.05, 4.69) is 0 Å². The zero-order valence-corrected chi connectivity index (χ0v) is 16.2. The van der Waals surface area contributed by atoms with Crippen LogP contribution in [0.3, 0.4) is 0 Å². The Morgan fingerprint density at radius 3 is 2.54 bits per heavy atom. The zero-order chi connectivity index (χ0) is 19.7. The Hall–Kier alpha value is -3.02. The lowest BCUT2D eigenvalue weighted by Gasteiger charge is -2.21. The number of benzene rings is 2. The molecule has 6 nitrogen and oxygen atoms in total. The van der Waals surface area contributed by atoms with E-state index in [1.807, 2.05) is 54.3 Å². The Morgan fingerprint density at radius 2 is 1.82 bits per heavy atom. The normalized spacial score (nSPS) is 17.9. The standard InChI is InChI=1S/C22H24N2O4/c1-3-24-13-15(10-21(24)25)12-23(2)22(26)17-6-4-16(5-7-17)18-8-9-19-20(11-18)28-14-27-19/h4-9,11,15H,3,10,12-14H2,1-2H3/t15-/m1/s1. The minimum absolute atomic E-state index is 0.0281. The Labute approximate surface area is 164 Å². The maximum atomic E-state index is 12.8. The maximum Gasteiger partial charge on any atom is 0.253 e. The van der Waals surface area contributed by atoms with Gasteiger partial charge in [0.05, 0.1) is 0 Å². The minimum atomic E-state index is -0.0281. The summed E-state index contributed by atoms with van der Waals surface area (Å²) in [4.78, 5) is 28.2.